The van der Waals surface area contributed by atoms with Crippen molar-refractivity contribution in [3.63, 3.8) is 0 Å². The third-order valence-electron chi connectivity index (χ3n) is 2.67. The number of nitrogens with zero attached hydrogens (tertiary/aromatic N) is 1. The van der Waals surface area contributed by atoms with Crippen molar-refractivity contribution in [3.05, 3.63) is 0 Å². The number of carbonyl (C=O) groups excluding carboxylic acids is 1. The molecule has 2 aliphatic carbocycles. The highest BCUT2D eigenvalue weighted by Gasteiger charge is 2.31. The van der Waals surface area contributed by atoms with Crippen molar-refractivity contribution in [2.45, 2.75) is 52.0 Å². The third-order valence-corrected chi connectivity index (χ3v) is 2.67. The fourth-order valence-electron chi connectivity index (χ4n) is 2.05. The summed E-state index contributed by atoms with van der Waals surface area (Å²) in [6.07, 6.45) is 4.85. The van der Waals surface area contributed by atoms with E-state index in [1.165, 1.54) is 12.8 Å². The van der Waals surface area contributed by atoms with Crippen LogP contribution in [0.15, 0.2) is 4.99 Å². The van der Waals surface area contributed by atoms with Crippen LogP contribution in [-0.4, -0.2) is 17.5 Å². The van der Waals surface area contributed by atoms with E-state index in [2.05, 4.69) is 18.8 Å². The minimum atomic E-state index is 0.156. The van der Waals surface area contributed by atoms with Crippen LogP contribution in [0.4, 0.5) is 0 Å². The number of ketones is 1. The van der Waals surface area contributed by atoms with E-state index >= 15 is 0 Å². The van der Waals surface area contributed by atoms with Gasteiger partial charge < -0.3 is 0 Å². The van der Waals surface area contributed by atoms with Crippen LogP contribution in [0, 0.1) is 5.41 Å². The topological polar surface area (TPSA) is 29.4 Å². The first kappa shape index (κ1) is 8.92. The lowest BCUT2D eigenvalue weighted by Crippen LogP contribution is -2.29. The zero-order chi connectivity index (χ0) is 9.47. The summed E-state index contributed by atoms with van der Waals surface area (Å²) in [7, 11) is 0. The Labute approximate surface area is 79.4 Å². The number of Topliss-reactive ketones (excluding diaryl/α,β-unsaturated/α-hetero) is 1. The van der Waals surface area contributed by atoms with Gasteiger partial charge in [-0.05, 0) is 24.7 Å². The van der Waals surface area contributed by atoms with Gasteiger partial charge in [0.25, 0.3) is 0 Å². The van der Waals surface area contributed by atoms with Gasteiger partial charge >= 0.3 is 0 Å². The first-order chi connectivity index (χ1) is 6.05. The Morgan fingerprint density at radius 3 is 2.54 bits per heavy atom. The fraction of sp³-hybridized carbons (Fsp3) is 0.818. The normalized spacial score (nSPS) is 30.9. The summed E-state index contributed by atoms with van der Waals surface area (Å²) in [5.41, 5.74) is 1.31. The molecular formula is C11H17NO. The van der Waals surface area contributed by atoms with Crippen LogP contribution < -0.4 is 0 Å². The lowest BCUT2D eigenvalue weighted by atomic mass is 9.76. The van der Waals surface area contributed by atoms with E-state index in [4.69, 9.17) is 0 Å². The standard InChI is InChI=1S/C11H17NO/c1-11(2)6-9(5-10(13)7-11)12-8-3-4-8/h8H,3-7H2,1-2H3. The second-order valence-corrected chi connectivity index (χ2v) is 5.16. The van der Waals surface area contributed by atoms with Gasteiger partial charge in [0, 0.05) is 18.6 Å². The van der Waals surface area contributed by atoms with E-state index in [0.717, 1.165) is 18.6 Å². The lowest BCUT2D eigenvalue weighted by molar-refractivity contribution is -0.120. The SMILES string of the molecule is CC1(C)CC(=O)CC(=NC2CC2)C1. The maximum absolute atomic E-state index is 11.4. The lowest BCUT2D eigenvalue weighted by Gasteiger charge is -2.29. The summed E-state index contributed by atoms with van der Waals surface area (Å²) in [5.74, 6) is 0.371. The van der Waals surface area contributed by atoms with Crippen molar-refractivity contribution in [1.29, 1.82) is 0 Å². The summed E-state index contributed by atoms with van der Waals surface area (Å²) < 4.78 is 0. The van der Waals surface area contributed by atoms with Crippen LogP contribution >= 0.6 is 0 Å². The Morgan fingerprint density at radius 1 is 1.31 bits per heavy atom. The molecule has 0 unspecified atom stereocenters. The average Bonchev–Trinajstić information content (AvgIpc) is 2.65. The molecule has 0 atom stereocenters. The maximum Gasteiger partial charge on any atom is 0.139 e. The van der Waals surface area contributed by atoms with Crippen molar-refractivity contribution in [2.75, 3.05) is 0 Å². The zero-order valence-corrected chi connectivity index (χ0v) is 8.47. The van der Waals surface area contributed by atoms with E-state index in [-0.39, 0.29) is 5.41 Å². The van der Waals surface area contributed by atoms with Crippen molar-refractivity contribution in [2.24, 2.45) is 10.4 Å². The Bertz CT molecular complexity index is 261. The van der Waals surface area contributed by atoms with Crippen LogP contribution in [0.3, 0.4) is 0 Å². The summed E-state index contributed by atoms with van der Waals surface area (Å²) >= 11 is 0. The Balaban J connectivity index is 2.07. The van der Waals surface area contributed by atoms with Crippen LogP contribution in [0.1, 0.15) is 46.0 Å². The molecule has 0 aromatic heterocycles. The monoisotopic (exact) mass is 179 g/mol. The van der Waals surface area contributed by atoms with Gasteiger partial charge in [0.15, 0.2) is 0 Å². The molecule has 0 aromatic rings. The summed E-state index contributed by atoms with van der Waals surface area (Å²) in [6.45, 7) is 4.32. The van der Waals surface area contributed by atoms with Crippen LogP contribution in [0.25, 0.3) is 0 Å². The van der Waals surface area contributed by atoms with Crippen molar-refractivity contribution in [3.8, 4) is 0 Å². The zero-order valence-electron chi connectivity index (χ0n) is 8.47. The molecule has 0 heterocycles. The smallest absolute Gasteiger partial charge is 0.139 e. The molecule has 13 heavy (non-hydrogen) atoms. The first-order valence-electron chi connectivity index (χ1n) is 5.12. The van der Waals surface area contributed by atoms with Gasteiger partial charge in [-0.3, -0.25) is 9.79 Å². The second-order valence-electron chi connectivity index (χ2n) is 5.16. The second kappa shape index (κ2) is 2.93. The molecule has 0 aromatic carbocycles. The molecule has 0 aliphatic heterocycles. The molecule has 2 saturated carbocycles. The van der Waals surface area contributed by atoms with Gasteiger partial charge in [0.2, 0.25) is 0 Å². The van der Waals surface area contributed by atoms with E-state index in [0.29, 0.717) is 18.2 Å². The molecule has 2 nitrogen and oxygen atoms in total. The van der Waals surface area contributed by atoms with Crippen LogP contribution in [0.2, 0.25) is 0 Å². The molecule has 0 saturated heterocycles. The first-order valence-corrected chi connectivity index (χ1v) is 5.12. The Hall–Kier alpha value is -0.660. The minimum Gasteiger partial charge on any atom is -0.299 e. The van der Waals surface area contributed by atoms with Gasteiger partial charge in [0.05, 0.1) is 6.04 Å². The molecule has 2 heteroatoms. The molecule has 0 bridgehead atoms. The molecule has 0 spiro atoms. The van der Waals surface area contributed by atoms with Crippen LogP contribution in [0.5, 0.6) is 0 Å². The molecule has 2 aliphatic rings. The Morgan fingerprint density at radius 2 is 2.00 bits per heavy atom. The number of aliphatic imine (C=N–C) groups is 1. The summed E-state index contributed by atoms with van der Waals surface area (Å²) in [4.78, 5) is 16.0. The molecule has 0 amide bonds. The summed E-state index contributed by atoms with van der Waals surface area (Å²) in [5, 5.41) is 0. The highest BCUT2D eigenvalue weighted by Crippen LogP contribution is 2.33. The molecular weight excluding hydrogens is 162 g/mol. The largest absolute Gasteiger partial charge is 0.299 e. The number of hydrogen-bond donors (Lipinski definition) is 0. The van der Waals surface area contributed by atoms with Crippen molar-refractivity contribution < 1.29 is 4.79 Å². The van der Waals surface area contributed by atoms with E-state index in [1.54, 1.807) is 0 Å². The molecule has 0 N–H and O–H groups in total. The third kappa shape index (κ3) is 2.39. The predicted octanol–water partition coefficient (Wildman–Crippen LogP) is 2.37. The molecule has 2 fully saturated rings. The van der Waals surface area contributed by atoms with Crippen LogP contribution in [-0.2, 0) is 4.79 Å². The summed E-state index contributed by atoms with van der Waals surface area (Å²) in [6, 6.07) is 0.566. The number of hydrogen-bond acceptors (Lipinski definition) is 2. The average molecular weight is 179 g/mol. The molecule has 2 rings (SSSR count). The molecule has 0 radical (unpaired) electrons. The maximum atomic E-state index is 11.4. The number of rotatable bonds is 1. The van der Waals surface area contributed by atoms with Crippen molar-refractivity contribution >= 4 is 11.5 Å². The number of carbonyl (C=O) groups is 1. The highest BCUT2D eigenvalue weighted by molar-refractivity contribution is 6.04. The molecule has 72 valence electrons. The van der Waals surface area contributed by atoms with Crippen molar-refractivity contribution in [1.82, 2.24) is 0 Å². The highest BCUT2D eigenvalue weighted by atomic mass is 16.1. The fourth-order valence-corrected chi connectivity index (χ4v) is 2.05. The van der Waals surface area contributed by atoms with Gasteiger partial charge in [-0.1, -0.05) is 13.8 Å². The van der Waals surface area contributed by atoms with E-state index in [1.807, 2.05) is 0 Å². The quantitative estimate of drug-likeness (QED) is 0.607. The van der Waals surface area contributed by atoms with Gasteiger partial charge in [-0.2, -0.15) is 0 Å². The minimum absolute atomic E-state index is 0.156. The van der Waals surface area contributed by atoms with E-state index < -0.39 is 0 Å². The van der Waals surface area contributed by atoms with Gasteiger partial charge in [-0.15, -0.1) is 0 Å². The van der Waals surface area contributed by atoms with Gasteiger partial charge in [-0.25, -0.2) is 0 Å². The predicted molar refractivity (Wildman–Crippen MR) is 53.1 cm³/mol. The van der Waals surface area contributed by atoms with E-state index in [9.17, 15) is 4.79 Å². The Kier molecular flexibility index (Phi) is 2.01. The van der Waals surface area contributed by atoms with Gasteiger partial charge in [0.1, 0.15) is 5.78 Å².